The van der Waals surface area contributed by atoms with Gasteiger partial charge in [-0.3, -0.25) is 9.69 Å². The Morgan fingerprint density at radius 2 is 2.04 bits per heavy atom. The van der Waals surface area contributed by atoms with E-state index in [1.807, 2.05) is 38.1 Å². The molecule has 1 heterocycles. The molecular formula is C17H19NO3S2. The van der Waals surface area contributed by atoms with Crippen LogP contribution in [-0.4, -0.2) is 34.9 Å². The highest BCUT2D eigenvalue weighted by Crippen LogP contribution is 2.35. The second-order valence-electron chi connectivity index (χ2n) is 4.65. The van der Waals surface area contributed by atoms with Gasteiger partial charge in [-0.2, -0.15) is 0 Å². The molecule has 0 aliphatic carbocycles. The lowest BCUT2D eigenvalue weighted by Crippen LogP contribution is -2.27. The van der Waals surface area contributed by atoms with E-state index in [-0.39, 0.29) is 5.91 Å². The Labute approximate surface area is 146 Å². The lowest BCUT2D eigenvalue weighted by Gasteiger charge is -2.11. The highest BCUT2D eigenvalue weighted by atomic mass is 32.2. The monoisotopic (exact) mass is 349 g/mol. The number of hydrogen-bond acceptors (Lipinski definition) is 5. The molecule has 0 N–H and O–H groups in total. The molecule has 23 heavy (non-hydrogen) atoms. The molecule has 0 unspecified atom stereocenters. The van der Waals surface area contributed by atoms with Crippen molar-refractivity contribution < 1.29 is 14.3 Å². The molecule has 2 rings (SSSR count). The third-order valence-electron chi connectivity index (χ3n) is 3.07. The van der Waals surface area contributed by atoms with Crippen LogP contribution in [0.3, 0.4) is 0 Å². The van der Waals surface area contributed by atoms with Crippen molar-refractivity contribution in [3.8, 4) is 11.5 Å². The molecule has 0 atom stereocenters. The summed E-state index contributed by atoms with van der Waals surface area (Å²) in [6.45, 7) is 9.04. The molecule has 122 valence electrons. The molecular weight excluding hydrogens is 330 g/mol. The third kappa shape index (κ3) is 4.14. The van der Waals surface area contributed by atoms with Crippen molar-refractivity contribution in [3.63, 3.8) is 0 Å². The van der Waals surface area contributed by atoms with Gasteiger partial charge in [0.2, 0.25) is 0 Å². The van der Waals surface area contributed by atoms with Crippen LogP contribution < -0.4 is 9.47 Å². The third-order valence-corrected chi connectivity index (χ3v) is 4.45. The van der Waals surface area contributed by atoms with Gasteiger partial charge in [0.05, 0.1) is 18.1 Å². The molecule has 0 spiro atoms. The molecule has 4 nitrogen and oxygen atoms in total. The van der Waals surface area contributed by atoms with Crippen LogP contribution in [0.1, 0.15) is 19.4 Å². The maximum Gasteiger partial charge on any atom is 0.266 e. The quantitative estimate of drug-likeness (QED) is 0.424. The van der Waals surface area contributed by atoms with Crippen LogP contribution in [0.25, 0.3) is 6.08 Å². The molecule has 1 aromatic carbocycles. The summed E-state index contributed by atoms with van der Waals surface area (Å²) in [5.74, 6) is 1.33. The normalized spacial score (nSPS) is 16.1. The zero-order valence-corrected chi connectivity index (χ0v) is 14.8. The predicted octanol–water partition coefficient (Wildman–Crippen LogP) is 3.87. The SMILES string of the molecule is C=CCN1C(=O)C(=Cc2ccc(OCC)cc2OCC)SC1=S. The Morgan fingerprint density at radius 1 is 1.30 bits per heavy atom. The predicted molar refractivity (Wildman–Crippen MR) is 98.9 cm³/mol. The van der Waals surface area contributed by atoms with E-state index in [4.69, 9.17) is 21.7 Å². The number of amides is 1. The van der Waals surface area contributed by atoms with E-state index in [0.717, 1.165) is 11.3 Å². The van der Waals surface area contributed by atoms with Crippen molar-refractivity contribution in [2.24, 2.45) is 0 Å². The molecule has 0 radical (unpaired) electrons. The average molecular weight is 349 g/mol. The average Bonchev–Trinajstić information content (AvgIpc) is 2.78. The van der Waals surface area contributed by atoms with Crippen molar-refractivity contribution in [1.82, 2.24) is 4.90 Å². The first-order valence-electron chi connectivity index (χ1n) is 7.36. The minimum Gasteiger partial charge on any atom is -0.494 e. The zero-order chi connectivity index (χ0) is 16.8. The molecule has 6 heteroatoms. The highest BCUT2D eigenvalue weighted by Gasteiger charge is 2.31. The van der Waals surface area contributed by atoms with Gasteiger partial charge >= 0.3 is 0 Å². The summed E-state index contributed by atoms with van der Waals surface area (Å²) >= 11 is 6.54. The minimum absolute atomic E-state index is 0.101. The van der Waals surface area contributed by atoms with Gasteiger partial charge in [-0.1, -0.05) is 30.1 Å². The van der Waals surface area contributed by atoms with Crippen molar-refractivity contribution in [2.45, 2.75) is 13.8 Å². The van der Waals surface area contributed by atoms with Gasteiger partial charge in [-0.25, -0.2) is 0 Å². The van der Waals surface area contributed by atoms with Crippen molar-refractivity contribution in [2.75, 3.05) is 19.8 Å². The second kappa shape index (κ2) is 8.17. The molecule has 1 saturated heterocycles. The van der Waals surface area contributed by atoms with Gasteiger partial charge in [-0.15, -0.1) is 6.58 Å². The number of nitrogens with zero attached hydrogens (tertiary/aromatic N) is 1. The van der Waals surface area contributed by atoms with Crippen molar-refractivity contribution in [3.05, 3.63) is 41.3 Å². The second-order valence-corrected chi connectivity index (χ2v) is 6.32. The number of rotatable bonds is 7. The summed E-state index contributed by atoms with van der Waals surface area (Å²) in [6, 6.07) is 5.59. The number of benzene rings is 1. The number of carbonyl (C=O) groups excluding carboxylic acids is 1. The van der Waals surface area contributed by atoms with Gasteiger partial charge in [0.15, 0.2) is 0 Å². The Balaban J connectivity index is 2.32. The molecule has 0 saturated carbocycles. The summed E-state index contributed by atoms with van der Waals surface area (Å²) in [5, 5.41) is 0. The van der Waals surface area contributed by atoms with Gasteiger partial charge in [0.1, 0.15) is 15.8 Å². The van der Waals surface area contributed by atoms with E-state index in [2.05, 4.69) is 6.58 Å². The largest absolute Gasteiger partial charge is 0.494 e. The fourth-order valence-corrected chi connectivity index (χ4v) is 3.36. The summed E-state index contributed by atoms with van der Waals surface area (Å²) < 4.78 is 11.7. The fourth-order valence-electron chi connectivity index (χ4n) is 2.10. The standard InChI is InChI=1S/C17H19NO3S2/c1-4-9-18-16(19)15(23-17(18)22)10-12-7-8-13(20-5-2)11-14(12)21-6-3/h4,7-8,10-11H,1,5-6,9H2,2-3H3. The van der Waals surface area contributed by atoms with E-state index in [0.29, 0.717) is 34.7 Å². The van der Waals surface area contributed by atoms with Gasteiger partial charge < -0.3 is 9.47 Å². The number of thioether (sulfide) groups is 1. The van der Waals surface area contributed by atoms with E-state index in [1.54, 1.807) is 6.08 Å². The molecule has 1 aliphatic rings. The van der Waals surface area contributed by atoms with Crippen LogP contribution in [-0.2, 0) is 4.79 Å². The van der Waals surface area contributed by atoms with Crippen LogP contribution >= 0.6 is 24.0 Å². The van der Waals surface area contributed by atoms with Crippen LogP contribution in [0, 0.1) is 0 Å². The molecule has 1 aromatic rings. The number of carbonyl (C=O) groups is 1. The Morgan fingerprint density at radius 3 is 2.70 bits per heavy atom. The summed E-state index contributed by atoms with van der Waals surface area (Å²) in [4.78, 5) is 14.5. The first-order valence-corrected chi connectivity index (χ1v) is 8.59. The minimum atomic E-state index is -0.101. The smallest absolute Gasteiger partial charge is 0.266 e. The highest BCUT2D eigenvalue weighted by molar-refractivity contribution is 8.26. The molecule has 0 bridgehead atoms. The number of hydrogen-bond donors (Lipinski definition) is 0. The van der Waals surface area contributed by atoms with Crippen LogP contribution in [0.2, 0.25) is 0 Å². The molecule has 1 amide bonds. The van der Waals surface area contributed by atoms with E-state index < -0.39 is 0 Å². The van der Waals surface area contributed by atoms with Crippen LogP contribution in [0.4, 0.5) is 0 Å². The van der Waals surface area contributed by atoms with Gasteiger partial charge in [0, 0.05) is 18.2 Å². The lowest BCUT2D eigenvalue weighted by molar-refractivity contribution is -0.121. The van der Waals surface area contributed by atoms with E-state index in [9.17, 15) is 4.79 Å². The first-order chi connectivity index (χ1) is 11.1. The maximum absolute atomic E-state index is 12.4. The van der Waals surface area contributed by atoms with Crippen molar-refractivity contribution in [1.29, 1.82) is 0 Å². The van der Waals surface area contributed by atoms with Crippen LogP contribution in [0.15, 0.2) is 35.8 Å². The Hall–Kier alpha value is -1.79. The van der Waals surface area contributed by atoms with Crippen LogP contribution in [0.5, 0.6) is 11.5 Å². The molecule has 1 aliphatic heterocycles. The maximum atomic E-state index is 12.4. The first kappa shape index (κ1) is 17.6. The topological polar surface area (TPSA) is 38.8 Å². The summed E-state index contributed by atoms with van der Waals surface area (Å²) in [6.07, 6.45) is 3.47. The Kier molecular flexibility index (Phi) is 6.24. The van der Waals surface area contributed by atoms with Gasteiger partial charge in [0.25, 0.3) is 5.91 Å². The molecule has 0 aromatic heterocycles. The molecule has 1 fully saturated rings. The van der Waals surface area contributed by atoms with Crippen molar-refractivity contribution >= 4 is 40.3 Å². The van der Waals surface area contributed by atoms with E-state index in [1.165, 1.54) is 16.7 Å². The summed E-state index contributed by atoms with van der Waals surface area (Å²) in [7, 11) is 0. The number of ether oxygens (including phenoxy) is 2. The zero-order valence-electron chi connectivity index (χ0n) is 13.2. The lowest BCUT2D eigenvalue weighted by atomic mass is 10.1. The fraction of sp³-hybridized carbons (Fsp3) is 0.294. The number of thiocarbonyl (C=S) groups is 1. The van der Waals surface area contributed by atoms with E-state index >= 15 is 0 Å². The van der Waals surface area contributed by atoms with Gasteiger partial charge in [-0.05, 0) is 32.1 Å². The Bertz CT molecular complexity index is 655. The summed E-state index contributed by atoms with van der Waals surface area (Å²) in [5.41, 5.74) is 0.828.